The van der Waals surface area contributed by atoms with Crippen molar-refractivity contribution in [2.75, 3.05) is 5.75 Å². The molecule has 1 N–H and O–H groups in total. The zero-order chi connectivity index (χ0) is 23.2. The number of amides is 1. The number of hydrogen-bond acceptors (Lipinski definition) is 6. The van der Waals surface area contributed by atoms with Gasteiger partial charge in [-0.1, -0.05) is 35.5 Å². The third-order valence-electron chi connectivity index (χ3n) is 4.60. The van der Waals surface area contributed by atoms with Gasteiger partial charge in [0.15, 0.2) is 11.0 Å². The molecule has 0 spiro atoms. The van der Waals surface area contributed by atoms with E-state index < -0.39 is 0 Å². The Kier molecular flexibility index (Phi) is 7.11. The van der Waals surface area contributed by atoms with E-state index in [9.17, 15) is 9.18 Å². The number of carbonyl (C=O) groups excluding carboxylic acids is 1. The minimum atomic E-state index is -0.331. The first-order valence-electron chi connectivity index (χ1n) is 9.85. The standard InChI is InChI=1S/C23H18ClFN6OS/c1-15(16-2-6-19(25)7-3-16)27-28-21(32)14-33-23-30-29-22(17-10-12-26-13-11-17)31(23)20-8-4-18(24)5-9-20/h2-13H,14H2,1H3,(H,28,32)/b27-15+. The van der Waals surface area contributed by atoms with Crippen LogP contribution in [0.15, 0.2) is 83.3 Å². The molecule has 2 aromatic heterocycles. The van der Waals surface area contributed by atoms with Crippen molar-refractivity contribution < 1.29 is 9.18 Å². The van der Waals surface area contributed by atoms with Crippen molar-refractivity contribution in [3.63, 3.8) is 0 Å². The normalized spacial score (nSPS) is 11.4. The lowest BCUT2D eigenvalue weighted by Gasteiger charge is -2.10. The molecule has 0 saturated carbocycles. The molecule has 0 radical (unpaired) electrons. The number of aromatic nitrogens is 4. The van der Waals surface area contributed by atoms with Gasteiger partial charge in [-0.05, 0) is 61.0 Å². The van der Waals surface area contributed by atoms with Crippen LogP contribution in [0.5, 0.6) is 0 Å². The van der Waals surface area contributed by atoms with Gasteiger partial charge in [-0.15, -0.1) is 10.2 Å². The van der Waals surface area contributed by atoms with Crippen molar-refractivity contribution in [3.05, 3.63) is 89.5 Å². The highest BCUT2D eigenvalue weighted by Gasteiger charge is 2.17. The summed E-state index contributed by atoms with van der Waals surface area (Å²) >= 11 is 7.28. The van der Waals surface area contributed by atoms with E-state index >= 15 is 0 Å². The molecule has 0 aliphatic rings. The molecule has 4 aromatic rings. The lowest BCUT2D eigenvalue weighted by atomic mass is 10.1. The lowest BCUT2D eigenvalue weighted by Crippen LogP contribution is -2.21. The van der Waals surface area contributed by atoms with Crippen molar-refractivity contribution >= 4 is 35.0 Å². The number of pyridine rings is 1. The summed E-state index contributed by atoms with van der Waals surface area (Å²) in [6.45, 7) is 1.73. The zero-order valence-corrected chi connectivity index (χ0v) is 19.0. The van der Waals surface area contributed by atoms with Crippen molar-refractivity contribution in [1.82, 2.24) is 25.2 Å². The first-order chi connectivity index (χ1) is 16.0. The van der Waals surface area contributed by atoms with Crippen molar-refractivity contribution in [2.45, 2.75) is 12.1 Å². The summed E-state index contributed by atoms with van der Waals surface area (Å²) in [6.07, 6.45) is 3.36. The molecule has 4 rings (SSSR count). The highest BCUT2D eigenvalue weighted by molar-refractivity contribution is 7.99. The summed E-state index contributed by atoms with van der Waals surface area (Å²) in [5, 5.41) is 13.9. The number of rotatable bonds is 7. The van der Waals surface area contributed by atoms with E-state index in [1.165, 1.54) is 23.9 Å². The van der Waals surface area contributed by atoms with E-state index in [0.29, 0.717) is 27.3 Å². The summed E-state index contributed by atoms with van der Waals surface area (Å²) in [5.41, 5.74) is 5.45. The molecule has 0 aliphatic carbocycles. The Morgan fingerprint density at radius 3 is 2.45 bits per heavy atom. The van der Waals surface area contributed by atoms with Gasteiger partial charge in [-0.3, -0.25) is 14.3 Å². The first kappa shape index (κ1) is 22.6. The van der Waals surface area contributed by atoms with E-state index in [-0.39, 0.29) is 17.5 Å². The van der Waals surface area contributed by atoms with Crippen LogP contribution < -0.4 is 5.43 Å². The number of halogens is 2. The van der Waals surface area contributed by atoms with Gasteiger partial charge in [0.05, 0.1) is 11.5 Å². The second kappa shape index (κ2) is 10.4. The Morgan fingerprint density at radius 1 is 1.06 bits per heavy atom. The molecular weight excluding hydrogens is 463 g/mol. The Balaban J connectivity index is 1.51. The third kappa shape index (κ3) is 5.63. The number of nitrogens with zero attached hydrogens (tertiary/aromatic N) is 5. The summed E-state index contributed by atoms with van der Waals surface area (Å²) in [6, 6.07) is 16.8. The van der Waals surface area contributed by atoms with Crippen LogP contribution in [0.1, 0.15) is 12.5 Å². The predicted octanol–water partition coefficient (Wildman–Crippen LogP) is 4.75. The fourth-order valence-corrected chi connectivity index (χ4v) is 3.81. The van der Waals surface area contributed by atoms with Crippen LogP contribution >= 0.6 is 23.4 Å². The number of hydrazone groups is 1. The smallest absolute Gasteiger partial charge is 0.250 e. The van der Waals surface area contributed by atoms with Crippen LogP contribution in [0.25, 0.3) is 17.1 Å². The molecule has 0 saturated heterocycles. The molecule has 2 heterocycles. The molecule has 166 valence electrons. The van der Waals surface area contributed by atoms with Crippen molar-refractivity contribution in [3.8, 4) is 17.1 Å². The fraction of sp³-hybridized carbons (Fsp3) is 0.0870. The maximum Gasteiger partial charge on any atom is 0.250 e. The van der Waals surface area contributed by atoms with Crippen molar-refractivity contribution in [2.24, 2.45) is 5.10 Å². The van der Waals surface area contributed by atoms with Gasteiger partial charge in [0.25, 0.3) is 5.91 Å². The number of carbonyl (C=O) groups is 1. The third-order valence-corrected chi connectivity index (χ3v) is 5.78. The maximum absolute atomic E-state index is 13.1. The Labute approximate surface area is 198 Å². The van der Waals surface area contributed by atoms with Crippen LogP contribution in [-0.2, 0) is 4.79 Å². The largest absolute Gasteiger partial charge is 0.272 e. The van der Waals surface area contributed by atoms with Gasteiger partial charge in [-0.25, -0.2) is 9.82 Å². The van der Waals surface area contributed by atoms with E-state index in [4.69, 9.17) is 11.6 Å². The highest BCUT2D eigenvalue weighted by Crippen LogP contribution is 2.28. The summed E-state index contributed by atoms with van der Waals surface area (Å²) < 4.78 is 14.9. The Hall–Kier alpha value is -3.56. The molecular formula is C23H18ClFN6OS. The predicted molar refractivity (Wildman–Crippen MR) is 127 cm³/mol. The van der Waals surface area contributed by atoms with E-state index in [0.717, 1.165) is 11.3 Å². The van der Waals surface area contributed by atoms with Gasteiger partial charge < -0.3 is 0 Å². The minimum Gasteiger partial charge on any atom is -0.272 e. The Bertz CT molecular complexity index is 1280. The second-order valence-corrected chi connectivity index (χ2v) is 8.26. The van der Waals surface area contributed by atoms with Crippen LogP contribution in [0.3, 0.4) is 0 Å². The average Bonchev–Trinajstić information content (AvgIpc) is 3.26. The van der Waals surface area contributed by atoms with E-state index in [2.05, 4.69) is 25.7 Å². The molecule has 7 nitrogen and oxygen atoms in total. The zero-order valence-electron chi connectivity index (χ0n) is 17.4. The van der Waals surface area contributed by atoms with Crippen LogP contribution in [0, 0.1) is 5.82 Å². The number of nitrogens with one attached hydrogen (secondary N) is 1. The maximum atomic E-state index is 13.1. The molecule has 0 fully saturated rings. The quantitative estimate of drug-likeness (QED) is 0.234. The van der Waals surface area contributed by atoms with Crippen LogP contribution in [-0.4, -0.2) is 37.1 Å². The van der Waals surface area contributed by atoms with E-state index in [1.54, 1.807) is 43.6 Å². The SMILES string of the molecule is C/C(=N\NC(=O)CSc1nnc(-c2ccncc2)n1-c1ccc(Cl)cc1)c1ccc(F)cc1. The van der Waals surface area contributed by atoms with Gasteiger partial charge in [0.2, 0.25) is 0 Å². The molecule has 1 amide bonds. The topological polar surface area (TPSA) is 85.1 Å². The molecule has 10 heteroatoms. The van der Waals surface area contributed by atoms with E-state index in [1.807, 2.05) is 28.8 Å². The number of hydrogen-bond donors (Lipinski definition) is 1. The van der Waals surface area contributed by atoms with Crippen molar-refractivity contribution in [1.29, 1.82) is 0 Å². The number of thioether (sulfide) groups is 1. The summed E-state index contributed by atoms with van der Waals surface area (Å²) in [4.78, 5) is 16.4. The van der Waals surface area contributed by atoms with Gasteiger partial charge >= 0.3 is 0 Å². The molecule has 2 aromatic carbocycles. The average molecular weight is 481 g/mol. The second-order valence-electron chi connectivity index (χ2n) is 6.88. The highest BCUT2D eigenvalue weighted by atomic mass is 35.5. The van der Waals surface area contributed by atoms with Crippen LogP contribution in [0.4, 0.5) is 4.39 Å². The molecule has 33 heavy (non-hydrogen) atoms. The Morgan fingerprint density at radius 2 is 1.76 bits per heavy atom. The van der Waals surface area contributed by atoms with Gasteiger partial charge in [0.1, 0.15) is 5.82 Å². The first-order valence-corrected chi connectivity index (χ1v) is 11.2. The fourth-order valence-electron chi connectivity index (χ4n) is 2.94. The molecule has 0 aliphatic heterocycles. The minimum absolute atomic E-state index is 0.0717. The molecule has 0 atom stereocenters. The molecule has 0 bridgehead atoms. The molecule has 0 unspecified atom stereocenters. The van der Waals surface area contributed by atoms with Crippen LogP contribution in [0.2, 0.25) is 5.02 Å². The monoisotopic (exact) mass is 480 g/mol. The summed E-state index contributed by atoms with van der Waals surface area (Å²) in [7, 11) is 0. The lowest BCUT2D eigenvalue weighted by molar-refractivity contribution is -0.118. The van der Waals surface area contributed by atoms with Gasteiger partial charge in [0, 0.05) is 28.7 Å². The number of benzene rings is 2. The van der Waals surface area contributed by atoms with Gasteiger partial charge in [-0.2, -0.15) is 5.10 Å². The summed E-state index contributed by atoms with van der Waals surface area (Å²) in [5.74, 6) is 0.0516.